The minimum atomic E-state index is 0.379. The third kappa shape index (κ3) is 2.57. The standard InChI is InChI=1S/C13H16BrN3S/c1-4-15-13-10(8(2)3)11(16-7-17-13)12-9(14)5-6-18-12/h5-8H,4H2,1-3H3,(H,15,16,17). The molecule has 0 atom stereocenters. The Balaban J connectivity index is 2.60. The van der Waals surface area contributed by atoms with E-state index in [9.17, 15) is 0 Å². The first-order valence-electron chi connectivity index (χ1n) is 5.97. The van der Waals surface area contributed by atoms with Crippen LogP contribution in [-0.4, -0.2) is 16.5 Å². The summed E-state index contributed by atoms with van der Waals surface area (Å²) in [4.78, 5) is 10.00. The summed E-state index contributed by atoms with van der Waals surface area (Å²) in [5, 5.41) is 5.39. The smallest absolute Gasteiger partial charge is 0.133 e. The van der Waals surface area contributed by atoms with Crippen LogP contribution in [0.3, 0.4) is 0 Å². The van der Waals surface area contributed by atoms with Gasteiger partial charge in [-0.05, 0) is 40.2 Å². The number of rotatable bonds is 4. The first kappa shape index (κ1) is 13.5. The molecular formula is C13H16BrN3S. The summed E-state index contributed by atoms with van der Waals surface area (Å²) in [6.45, 7) is 7.28. The Morgan fingerprint density at radius 1 is 1.39 bits per heavy atom. The van der Waals surface area contributed by atoms with Crippen molar-refractivity contribution in [1.82, 2.24) is 9.97 Å². The van der Waals surface area contributed by atoms with Gasteiger partial charge in [0.05, 0.1) is 10.6 Å². The van der Waals surface area contributed by atoms with E-state index in [1.807, 2.05) is 0 Å². The normalized spacial score (nSPS) is 10.9. The topological polar surface area (TPSA) is 37.8 Å². The molecule has 0 radical (unpaired) electrons. The van der Waals surface area contributed by atoms with Crippen molar-refractivity contribution >= 4 is 33.1 Å². The molecule has 0 aromatic carbocycles. The number of anilines is 1. The number of hydrogen-bond acceptors (Lipinski definition) is 4. The molecule has 0 fully saturated rings. The van der Waals surface area contributed by atoms with Crippen LogP contribution in [0.4, 0.5) is 5.82 Å². The molecule has 18 heavy (non-hydrogen) atoms. The summed E-state index contributed by atoms with van der Waals surface area (Å²) in [5.74, 6) is 1.32. The number of aromatic nitrogens is 2. The Morgan fingerprint density at radius 2 is 2.17 bits per heavy atom. The molecule has 2 rings (SSSR count). The molecule has 2 aromatic heterocycles. The van der Waals surface area contributed by atoms with Gasteiger partial charge in [0.2, 0.25) is 0 Å². The predicted molar refractivity (Wildman–Crippen MR) is 81.3 cm³/mol. The van der Waals surface area contributed by atoms with E-state index in [-0.39, 0.29) is 0 Å². The third-order valence-electron chi connectivity index (χ3n) is 2.64. The lowest BCUT2D eigenvalue weighted by Crippen LogP contribution is -2.07. The monoisotopic (exact) mass is 325 g/mol. The largest absolute Gasteiger partial charge is 0.370 e. The molecule has 0 aliphatic rings. The van der Waals surface area contributed by atoms with Gasteiger partial charge < -0.3 is 5.32 Å². The van der Waals surface area contributed by atoms with Gasteiger partial charge in [0.25, 0.3) is 0 Å². The fourth-order valence-corrected chi connectivity index (χ4v) is 3.46. The van der Waals surface area contributed by atoms with Crippen molar-refractivity contribution < 1.29 is 0 Å². The zero-order chi connectivity index (χ0) is 13.1. The minimum Gasteiger partial charge on any atom is -0.370 e. The molecule has 0 aliphatic heterocycles. The second-order valence-electron chi connectivity index (χ2n) is 4.27. The van der Waals surface area contributed by atoms with Crippen molar-refractivity contribution in [2.24, 2.45) is 0 Å². The zero-order valence-electron chi connectivity index (χ0n) is 10.7. The van der Waals surface area contributed by atoms with E-state index in [2.05, 4.69) is 63.4 Å². The lowest BCUT2D eigenvalue weighted by atomic mass is 10.0. The van der Waals surface area contributed by atoms with Crippen LogP contribution in [0.15, 0.2) is 22.2 Å². The van der Waals surface area contributed by atoms with E-state index in [4.69, 9.17) is 0 Å². The molecule has 2 heterocycles. The molecule has 0 amide bonds. The lowest BCUT2D eigenvalue weighted by Gasteiger charge is -2.15. The molecule has 0 aliphatic carbocycles. The van der Waals surface area contributed by atoms with Gasteiger partial charge in [-0.3, -0.25) is 0 Å². The van der Waals surface area contributed by atoms with Gasteiger partial charge in [0.15, 0.2) is 0 Å². The van der Waals surface area contributed by atoms with Crippen molar-refractivity contribution in [2.75, 3.05) is 11.9 Å². The Morgan fingerprint density at radius 3 is 2.72 bits per heavy atom. The summed E-state index contributed by atoms with van der Waals surface area (Å²) in [7, 11) is 0. The van der Waals surface area contributed by atoms with E-state index in [0.717, 1.165) is 22.5 Å². The Bertz CT molecular complexity index is 537. The maximum atomic E-state index is 4.48. The summed E-state index contributed by atoms with van der Waals surface area (Å²) in [5.41, 5.74) is 2.21. The fraction of sp³-hybridized carbons (Fsp3) is 0.385. The van der Waals surface area contributed by atoms with E-state index in [1.165, 1.54) is 10.4 Å². The van der Waals surface area contributed by atoms with Gasteiger partial charge in [-0.15, -0.1) is 11.3 Å². The van der Waals surface area contributed by atoms with Crippen molar-refractivity contribution in [1.29, 1.82) is 0 Å². The molecule has 3 nitrogen and oxygen atoms in total. The SMILES string of the molecule is CCNc1ncnc(-c2sccc2Br)c1C(C)C. The van der Waals surface area contributed by atoms with Crippen LogP contribution in [0.25, 0.3) is 10.6 Å². The van der Waals surface area contributed by atoms with Crippen LogP contribution in [-0.2, 0) is 0 Å². The summed E-state index contributed by atoms with van der Waals surface area (Å²) in [6, 6.07) is 2.05. The highest BCUT2D eigenvalue weighted by Crippen LogP contribution is 2.38. The highest BCUT2D eigenvalue weighted by atomic mass is 79.9. The quantitative estimate of drug-likeness (QED) is 0.897. The van der Waals surface area contributed by atoms with Crippen LogP contribution in [0.5, 0.6) is 0 Å². The first-order chi connectivity index (χ1) is 8.65. The highest BCUT2D eigenvalue weighted by molar-refractivity contribution is 9.10. The second kappa shape index (κ2) is 5.80. The summed E-state index contributed by atoms with van der Waals surface area (Å²) < 4.78 is 1.09. The molecule has 5 heteroatoms. The third-order valence-corrected chi connectivity index (χ3v) is 4.48. The average Bonchev–Trinajstić information content (AvgIpc) is 2.75. The summed E-state index contributed by atoms with van der Waals surface area (Å²) >= 11 is 5.28. The minimum absolute atomic E-state index is 0.379. The van der Waals surface area contributed by atoms with Crippen molar-refractivity contribution in [3.05, 3.63) is 27.8 Å². The lowest BCUT2D eigenvalue weighted by molar-refractivity contribution is 0.850. The van der Waals surface area contributed by atoms with Crippen molar-refractivity contribution in [3.63, 3.8) is 0 Å². The number of nitrogens with zero attached hydrogens (tertiary/aromatic N) is 2. The Kier molecular flexibility index (Phi) is 4.35. The average molecular weight is 326 g/mol. The molecule has 2 aromatic rings. The number of halogens is 1. The number of nitrogens with one attached hydrogen (secondary N) is 1. The van der Waals surface area contributed by atoms with Crippen molar-refractivity contribution in [2.45, 2.75) is 26.7 Å². The highest BCUT2D eigenvalue weighted by Gasteiger charge is 2.18. The predicted octanol–water partition coefficient (Wildman–Crippen LogP) is 4.52. The molecule has 0 spiro atoms. The molecular weight excluding hydrogens is 310 g/mol. The van der Waals surface area contributed by atoms with Crippen LogP contribution in [0.1, 0.15) is 32.3 Å². The van der Waals surface area contributed by atoms with E-state index in [0.29, 0.717) is 5.92 Å². The van der Waals surface area contributed by atoms with Gasteiger partial charge in [-0.25, -0.2) is 9.97 Å². The van der Waals surface area contributed by atoms with Crippen LogP contribution < -0.4 is 5.32 Å². The Hall–Kier alpha value is -0.940. The maximum absolute atomic E-state index is 4.48. The number of hydrogen-bond donors (Lipinski definition) is 1. The molecule has 0 bridgehead atoms. The van der Waals surface area contributed by atoms with Crippen molar-refractivity contribution in [3.8, 4) is 10.6 Å². The van der Waals surface area contributed by atoms with E-state index < -0.39 is 0 Å². The second-order valence-corrected chi connectivity index (χ2v) is 6.04. The Labute approximate surface area is 120 Å². The maximum Gasteiger partial charge on any atom is 0.133 e. The van der Waals surface area contributed by atoms with Crippen LogP contribution in [0.2, 0.25) is 0 Å². The van der Waals surface area contributed by atoms with Gasteiger partial charge in [-0.1, -0.05) is 13.8 Å². The van der Waals surface area contributed by atoms with Crippen LogP contribution in [0, 0.1) is 0 Å². The molecule has 0 saturated heterocycles. The molecule has 0 unspecified atom stereocenters. The van der Waals surface area contributed by atoms with Gasteiger partial charge in [-0.2, -0.15) is 0 Å². The van der Waals surface area contributed by atoms with E-state index >= 15 is 0 Å². The summed E-state index contributed by atoms with van der Waals surface area (Å²) in [6.07, 6.45) is 1.63. The van der Waals surface area contributed by atoms with Crippen LogP contribution >= 0.6 is 27.3 Å². The fourth-order valence-electron chi connectivity index (χ4n) is 1.89. The number of thiophene rings is 1. The van der Waals surface area contributed by atoms with Gasteiger partial charge >= 0.3 is 0 Å². The molecule has 0 saturated carbocycles. The van der Waals surface area contributed by atoms with Gasteiger partial charge in [0, 0.05) is 16.6 Å². The van der Waals surface area contributed by atoms with E-state index in [1.54, 1.807) is 17.7 Å². The first-order valence-corrected chi connectivity index (χ1v) is 7.64. The van der Waals surface area contributed by atoms with Gasteiger partial charge in [0.1, 0.15) is 12.1 Å². The zero-order valence-corrected chi connectivity index (χ0v) is 13.1. The molecule has 1 N–H and O–H groups in total. The molecule has 96 valence electrons.